The van der Waals surface area contributed by atoms with Gasteiger partial charge in [0, 0.05) is 43.3 Å². The molecule has 0 aromatic carbocycles. The maximum atomic E-state index is 13.1. The third-order valence-electron chi connectivity index (χ3n) is 4.85. The number of amides is 1. The Hall–Kier alpha value is -2.41. The lowest BCUT2D eigenvalue weighted by Gasteiger charge is -2.34. The number of carbonyl (C=O) groups excluding carboxylic acids is 1. The van der Waals surface area contributed by atoms with Crippen LogP contribution in [0.1, 0.15) is 40.8 Å². The summed E-state index contributed by atoms with van der Waals surface area (Å²) < 4.78 is 5.59. The Balaban J connectivity index is 1.59. The molecule has 0 radical (unpaired) electrons. The van der Waals surface area contributed by atoms with Crippen molar-refractivity contribution in [2.75, 3.05) is 37.7 Å². The van der Waals surface area contributed by atoms with E-state index in [0.717, 1.165) is 30.4 Å². The molecule has 1 atom stereocenters. The minimum atomic E-state index is -0.182. The molecular weight excluding hydrogens is 318 g/mol. The number of aromatic nitrogens is 3. The van der Waals surface area contributed by atoms with Crippen molar-refractivity contribution < 1.29 is 9.53 Å². The number of rotatable bonds is 3. The number of nitrogens with zero attached hydrogens (tertiary/aromatic N) is 4. The summed E-state index contributed by atoms with van der Waals surface area (Å²) in [5.74, 6) is 1.67. The Morgan fingerprint density at radius 2 is 2.12 bits per heavy atom. The minimum absolute atomic E-state index is 0.00481. The Bertz CT molecular complexity index is 753. The predicted molar refractivity (Wildman–Crippen MR) is 93.6 cm³/mol. The zero-order chi connectivity index (χ0) is 17.2. The van der Waals surface area contributed by atoms with Gasteiger partial charge in [-0.25, -0.2) is 9.97 Å². The van der Waals surface area contributed by atoms with Crippen LogP contribution in [0.5, 0.6) is 0 Å². The van der Waals surface area contributed by atoms with Gasteiger partial charge in [-0.15, -0.1) is 0 Å². The van der Waals surface area contributed by atoms with Gasteiger partial charge in [-0.05, 0) is 31.9 Å². The summed E-state index contributed by atoms with van der Waals surface area (Å²) in [6.45, 7) is 5.55. The minimum Gasteiger partial charge on any atom is -0.377 e. The van der Waals surface area contributed by atoms with Crippen LogP contribution in [0.2, 0.25) is 0 Å². The monoisotopic (exact) mass is 341 g/mol. The fourth-order valence-corrected chi connectivity index (χ4v) is 3.51. The average molecular weight is 341 g/mol. The number of H-pyrrole nitrogens is 1. The van der Waals surface area contributed by atoms with E-state index < -0.39 is 0 Å². The summed E-state index contributed by atoms with van der Waals surface area (Å²) in [7, 11) is 0. The summed E-state index contributed by atoms with van der Waals surface area (Å²) in [5.41, 5.74) is 1.65. The van der Waals surface area contributed by atoms with Gasteiger partial charge in [0.25, 0.3) is 5.91 Å². The number of hydrogen-bond donors (Lipinski definition) is 1. The maximum Gasteiger partial charge on any atom is 0.254 e. The van der Waals surface area contributed by atoms with E-state index in [9.17, 15) is 4.79 Å². The van der Waals surface area contributed by atoms with E-state index in [4.69, 9.17) is 4.74 Å². The van der Waals surface area contributed by atoms with E-state index in [1.54, 1.807) is 18.5 Å². The highest BCUT2D eigenvalue weighted by molar-refractivity contribution is 5.95. The summed E-state index contributed by atoms with van der Waals surface area (Å²) in [6.07, 6.45) is 5.88. The maximum absolute atomic E-state index is 13.1. The molecule has 4 heterocycles. The van der Waals surface area contributed by atoms with E-state index in [1.165, 1.54) is 12.8 Å². The Morgan fingerprint density at radius 1 is 1.28 bits per heavy atom. The molecule has 132 valence electrons. The number of anilines is 1. The molecule has 25 heavy (non-hydrogen) atoms. The molecule has 4 rings (SSSR count). The highest BCUT2D eigenvalue weighted by atomic mass is 16.5. The van der Waals surface area contributed by atoms with Crippen LogP contribution in [0.25, 0.3) is 0 Å². The van der Waals surface area contributed by atoms with Gasteiger partial charge < -0.3 is 19.5 Å². The van der Waals surface area contributed by atoms with Gasteiger partial charge in [-0.1, -0.05) is 0 Å². The first kappa shape index (κ1) is 16.1. The number of imidazole rings is 1. The SMILES string of the molecule is Cc1cnc([C@H]2COCCN2C(=O)c2ccnc(N3CCCC3)c2)[nH]1. The van der Waals surface area contributed by atoms with Gasteiger partial charge >= 0.3 is 0 Å². The van der Waals surface area contributed by atoms with Gasteiger partial charge in [0.2, 0.25) is 0 Å². The first-order valence-corrected chi connectivity index (χ1v) is 8.83. The molecule has 2 aromatic rings. The lowest BCUT2D eigenvalue weighted by Crippen LogP contribution is -2.44. The smallest absolute Gasteiger partial charge is 0.254 e. The molecule has 2 aromatic heterocycles. The molecule has 0 unspecified atom stereocenters. The third-order valence-corrected chi connectivity index (χ3v) is 4.85. The van der Waals surface area contributed by atoms with Crippen LogP contribution >= 0.6 is 0 Å². The second-order valence-corrected chi connectivity index (χ2v) is 6.64. The van der Waals surface area contributed by atoms with Crippen LogP contribution in [0.4, 0.5) is 5.82 Å². The van der Waals surface area contributed by atoms with E-state index >= 15 is 0 Å². The van der Waals surface area contributed by atoms with Gasteiger partial charge in [0.05, 0.1) is 13.2 Å². The molecule has 0 bridgehead atoms. The normalized spacial score (nSPS) is 20.9. The topological polar surface area (TPSA) is 74.3 Å². The second-order valence-electron chi connectivity index (χ2n) is 6.64. The highest BCUT2D eigenvalue weighted by Crippen LogP contribution is 2.25. The fraction of sp³-hybridized carbons (Fsp3) is 0.500. The standard InChI is InChI=1S/C18H23N5O2/c1-13-11-20-17(21-13)15-12-25-9-8-23(15)18(24)14-4-5-19-16(10-14)22-6-2-3-7-22/h4-5,10-11,15H,2-3,6-9,12H2,1H3,(H,20,21)/t15-/m1/s1. The number of morpholine rings is 1. The summed E-state index contributed by atoms with van der Waals surface area (Å²) in [4.78, 5) is 29.3. The first-order chi connectivity index (χ1) is 12.2. The molecule has 1 N–H and O–H groups in total. The van der Waals surface area contributed by atoms with E-state index in [0.29, 0.717) is 25.3 Å². The lowest BCUT2D eigenvalue weighted by atomic mass is 10.1. The molecule has 2 aliphatic heterocycles. The van der Waals surface area contributed by atoms with Gasteiger partial charge in [-0.3, -0.25) is 4.79 Å². The zero-order valence-electron chi connectivity index (χ0n) is 14.4. The van der Waals surface area contributed by atoms with Gasteiger partial charge in [0.1, 0.15) is 17.7 Å². The first-order valence-electron chi connectivity index (χ1n) is 8.83. The molecule has 0 aliphatic carbocycles. The van der Waals surface area contributed by atoms with Crippen LogP contribution < -0.4 is 4.90 Å². The van der Waals surface area contributed by atoms with E-state index in [1.807, 2.05) is 17.9 Å². The van der Waals surface area contributed by atoms with Gasteiger partial charge in [0.15, 0.2) is 0 Å². The van der Waals surface area contributed by atoms with Crippen molar-refractivity contribution in [3.8, 4) is 0 Å². The van der Waals surface area contributed by atoms with Crippen LogP contribution in [0.3, 0.4) is 0 Å². The number of hydrogen-bond acceptors (Lipinski definition) is 5. The molecule has 7 heteroatoms. The van der Waals surface area contributed by atoms with Crippen molar-refractivity contribution in [1.29, 1.82) is 0 Å². The largest absolute Gasteiger partial charge is 0.377 e. The highest BCUT2D eigenvalue weighted by Gasteiger charge is 2.31. The molecule has 0 spiro atoms. The summed E-state index contributed by atoms with van der Waals surface area (Å²) in [6, 6.07) is 3.52. The van der Waals surface area contributed by atoms with E-state index in [2.05, 4.69) is 19.9 Å². The van der Waals surface area contributed by atoms with E-state index in [-0.39, 0.29) is 11.9 Å². The number of pyridine rings is 1. The molecule has 1 amide bonds. The number of ether oxygens (including phenoxy) is 1. The predicted octanol–water partition coefficient (Wildman–Crippen LogP) is 1.93. The van der Waals surface area contributed by atoms with Crippen molar-refractivity contribution in [2.45, 2.75) is 25.8 Å². The number of aromatic amines is 1. The quantitative estimate of drug-likeness (QED) is 0.923. The van der Waals surface area contributed by atoms with Crippen LogP contribution in [-0.4, -0.2) is 58.6 Å². The lowest BCUT2D eigenvalue weighted by molar-refractivity contribution is -0.00501. The summed E-state index contributed by atoms with van der Waals surface area (Å²) in [5, 5.41) is 0. The van der Waals surface area contributed by atoms with Crippen LogP contribution in [0.15, 0.2) is 24.5 Å². The second kappa shape index (κ2) is 6.84. The zero-order valence-corrected chi connectivity index (χ0v) is 14.4. The van der Waals surface area contributed by atoms with Crippen molar-refractivity contribution in [2.24, 2.45) is 0 Å². The molecule has 2 aliphatic rings. The van der Waals surface area contributed by atoms with Crippen molar-refractivity contribution in [3.05, 3.63) is 41.6 Å². The van der Waals surface area contributed by atoms with Crippen molar-refractivity contribution >= 4 is 11.7 Å². The van der Waals surface area contributed by atoms with Crippen molar-refractivity contribution in [3.63, 3.8) is 0 Å². The average Bonchev–Trinajstić information content (AvgIpc) is 3.33. The fourth-order valence-electron chi connectivity index (χ4n) is 3.51. The van der Waals surface area contributed by atoms with Gasteiger partial charge in [-0.2, -0.15) is 0 Å². The Kier molecular flexibility index (Phi) is 4.40. The third kappa shape index (κ3) is 3.24. The molecule has 2 fully saturated rings. The van der Waals surface area contributed by atoms with Crippen LogP contribution in [-0.2, 0) is 4.74 Å². The molecule has 0 saturated carbocycles. The molecular formula is C18H23N5O2. The Morgan fingerprint density at radius 3 is 2.88 bits per heavy atom. The van der Waals surface area contributed by atoms with Crippen LogP contribution in [0, 0.1) is 6.92 Å². The van der Waals surface area contributed by atoms with Crippen molar-refractivity contribution in [1.82, 2.24) is 19.9 Å². The molecule has 7 nitrogen and oxygen atoms in total. The Labute approximate surface area is 147 Å². The molecule has 2 saturated heterocycles. The summed E-state index contributed by atoms with van der Waals surface area (Å²) >= 11 is 0. The number of carbonyl (C=O) groups is 1. The number of aryl methyl sites for hydroxylation is 1. The number of nitrogens with one attached hydrogen (secondary N) is 1.